The maximum Gasteiger partial charge on any atom is 0.231 e. The molecule has 1 aliphatic heterocycles. The largest absolute Gasteiger partial charge is 0.369 e. The maximum atomic E-state index is 13.3. The van der Waals surface area contributed by atoms with E-state index < -0.39 is 12.1 Å². The summed E-state index contributed by atoms with van der Waals surface area (Å²) < 4.78 is 13.3. The number of carbonyl (C=O) groups is 2. The van der Waals surface area contributed by atoms with Gasteiger partial charge in [0.05, 0.1) is 6.54 Å². The van der Waals surface area contributed by atoms with E-state index in [4.69, 9.17) is 5.73 Å². The molecular formula is C12H22FN3O2S. The quantitative estimate of drug-likeness (QED) is 0.624. The molecule has 1 fully saturated rings. The van der Waals surface area contributed by atoms with Crippen LogP contribution in [0.3, 0.4) is 0 Å². The predicted octanol–water partition coefficient (Wildman–Crippen LogP) is 0.144. The average Bonchev–Trinajstić information content (AvgIpc) is 2.66. The predicted molar refractivity (Wildman–Crippen MR) is 74.7 cm³/mol. The number of amides is 2. The smallest absolute Gasteiger partial charge is 0.231 e. The first-order valence-corrected chi connectivity index (χ1v) is 7.84. The molecule has 0 radical (unpaired) electrons. The molecule has 0 spiro atoms. The van der Waals surface area contributed by atoms with Crippen molar-refractivity contribution in [1.29, 1.82) is 0 Å². The van der Waals surface area contributed by atoms with Gasteiger partial charge in [0.2, 0.25) is 11.8 Å². The van der Waals surface area contributed by atoms with E-state index in [1.165, 1.54) is 0 Å². The van der Waals surface area contributed by atoms with Crippen LogP contribution in [0.2, 0.25) is 0 Å². The highest BCUT2D eigenvalue weighted by Gasteiger charge is 2.32. The van der Waals surface area contributed by atoms with E-state index in [1.807, 2.05) is 6.26 Å². The maximum absolute atomic E-state index is 13.3. The topological polar surface area (TPSA) is 75.4 Å². The van der Waals surface area contributed by atoms with Crippen molar-refractivity contribution in [3.05, 3.63) is 0 Å². The SMILES string of the molecule is CSCCCC(=O)NC[C@@H]1C[C@H](F)CN1CC(N)=O. The van der Waals surface area contributed by atoms with Gasteiger partial charge in [-0.1, -0.05) is 0 Å². The number of primary amides is 1. The molecule has 1 rings (SSSR count). The second-order valence-electron chi connectivity index (χ2n) is 4.78. The first kappa shape index (κ1) is 16.2. The van der Waals surface area contributed by atoms with Crippen LogP contribution in [0.1, 0.15) is 19.3 Å². The summed E-state index contributed by atoms with van der Waals surface area (Å²) in [6.45, 7) is 0.648. The Morgan fingerprint density at radius 1 is 1.53 bits per heavy atom. The van der Waals surface area contributed by atoms with Crippen LogP contribution < -0.4 is 11.1 Å². The van der Waals surface area contributed by atoms with Gasteiger partial charge in [-0.25, -0.2) is 4.39 Å². The molecule has 2 atom stereocenters. The molecule has 0 aromatic heterocycles. The molecule has 0 saturated carbocycles. The minimum atomic E-state index is -0.947. The average molecular weight is 291 g/mol. The van der Waals surface area contributed by atoms with E-state index in [0.717, 1.165) is 12.2 Å². The molecule has 0 aromatic carbocycles. The van der Waals surface area contributed by atoms with Crippen molar-refractivity contribution in [2.24, 2.45) is 5.73 Å². The Morgan fingerprint density at radius 2 is 2.26 bits per heavy atom. The van der Waals surface area contributed by atoms with E-state index in [9.17, 15) is 14.0 Å². The summed E-state index contributed by atoms with van der Waals surface area (Å²) in [7, 11) is 0. The zero-order valence-corrected chi connectivity index (χ0v) is 12.0. The van der Waals surface area contributed by atoms with Gasteiger partial charge < -0.3 is 11.1 Å². The summed E-state index contributed by atoms with van der Waals surface area (Å²) in [5.41, 5.74) is 5.12. The van der Waals surface area contributed by atoms with Crippen molar-refractivity contribution in [3.8, 4) is 0 Å². The number of nitrogens with two attached hydrogens (primary N) is 1. The molecule has 0 unspecified atom stereocenters. The van der Waals surface area contributed by atoms with Gasteiger partial charge in [0.25, 0.3) is 0 Å². The lowest BCUT2D eigenvalue weighted by molar-refractivity contribution is -0.121. The standard InChI is InChI=1S/C12H22FN3O2S/c1-19-4-2-3-12(18)15-6-10-5-9(13)7-16(10)8-11(14)17/h9-10H,2-8H2,1H3,(H2,14,17)(H,15,18)/t9-,10-/m0/s1. The fraction of sp³-hybridized carbons (Fsp3) is 0.833. The molecule has 1 saturated heterocycles. The zero-order valence-electron chi connectivity index (χ0n) is 11.2. The van der Waals surface area contributed by atoms with Crippen molar-refractivity contribution >= 4 is 23.6 Å². The lowest BCUT2D eigenvalue weighted by atomic mass is 10.2. The highest BCUT2D eigenvalue weighted by molar-refractivity contribution is 7.98. The summed E-state index contributed by atoms with van der Waals surface area (Å²) in [5.74, 6) is 0.470. The highest BCUT2D eigenvalue weighted by atomic mass is 32.2. The second kappa shape index (κ2) is 8.37. The minimum absolute atomic E-state index is 0.0182. The number of likely N-dealkylation sites (tertiary alicyclic amines) is 1. The van der Waals surface area contributed by atoms with E-state index in [1.54, 1.807) is 16.7 Å². The Labute approximate surface area is 117 Å². The molecular weight excluding hydrogens is 269 g/mol. The van der Waals surface area contributed by atoms with Gasteiger partial charge in [-0.2, -0.15) is 11.8 Å². The van der Waals surface area contributed by atoms with Crippen molar-refractivity contribution in [3.63, 3.8) is 0 Å². The molecule has 19 heavy (non-hydrogen) atoms. The molecule has 110 valence electrons. The number of hydrogen-bond donors (Lipinski definition) is 2. The number of alkyl halides is 1. The molecule has 3 N–H and O–H groups in total. The van der Waals surface area contributed by atoms with Gasteiger partial charge in [-0.15, -0.1) is 0 Å². The number of halogens is 1. The molecule has 2 amide bonds. The van der Waals surface area contributed by atoms with Crippen molar-refractivity contribution in [2.75, 3.05) is 31.6 Å². The Balaban J connectivity index is 2.29. The van der Waals surface area contributed by atoms with Crippen LogP contribution in [0.15, 0.2) is 0 Å². The monoisotopic (exact) mass is 291 g/mol. The lowest BCUT2D eigenvalue weighted by Crippen LogP contribution is -2.43. The van der Waals surface area contributed by atoms with Crippen LogP contribution in [0.4, 0.5) is 4.39 Å². The van der Waals surface area contributed by atoms with E-state index >= 15 is 0 Å². The summed E-state index contributed by atoms with van der Waals surface area (Å²) in [4.78, 5) is 24.2. The zero-order chi connectivity index (χ0) is 14.3. The molecule has 5 nitrogen and oxygen atoms in total. The lowest BCUT2D eigenvalue weighted by Gasteiger charge is -2.22. The van der Waals surface area contributed by atoms with Crippen LogP contribution in [-0.4, -0.2) is 60.6 Å². The molecule has 1 aliphatic rings. The highest BCUT2D eigenvalue weighted by Crippen LogP contribution is 2.19. The fourth-order valence-corrected chi connectivity index (χ4v) is 2.66. The van der Waals surface area contributed by atoms with Crippen LogP contribution in [0.25, 0.3) is 0 Å². The van der Waals surface area contributed by atoms with Gasteiger partial charge in [0, 0.05) is 25.6 Å². The van der Waals surface area contributed by atoms with Crippen molar-refractivity contribution in [1.82, 2.24) is 10.2 Å². The van der Waals surface area contributed by atoms with Crippen LogP contribution in [0.5, 0.6) is 0 Å². The summed E-state index contributed by atoms with van der Waals surface area (Å²) in [6.07, 6.45) is 2.73. The molecule has 0 aliphatic carbocycles. The number of thioether (sulfide) groups is 1. The van der Waals surface area contributed by atoms with Crippen molar-refractivity contribution in [2.45, 2.75) is 31.5 Å². The number of rotatable bonds is 8. The molecule has 7 heteroatoms. The summed E-state index contributed by atoms with van der Waals surface area (Å²) in [5, 5.41) is 2.80. The Morgan fingerprint density at radius 3 is 2.89 bits per heavy atom. The van der Waals surface area contributed by atoms with Gasteiger partial charge in [-0.3, -0.25) is 14.5 Å². The molecule has 1 heterocycles. The van der Waals surface area contributed by atoms with Gasteiger partial charge in [0.1, 0.15) is 6.17 Å². The third-order valence-corrected chi connectivity index (χ3v) is 3.82. The second-order valence-corrected chi connectivity index (χ2v) is 5.77. The summed E-state index contributed by atoms with van der Waals surface area (Å²) >= 11 is 1.71. The van der Waals surface area contributed by atoms with Gasteiger partial charge >= 0.3 is 0 Å². The van der Waals surface area contributed by atoms with E-state index in [-0.39, 0.29) is 25.0 Å². The molecule has 0 aromatic rings. The third kappa shape index (κ3) is 6.24. The Hall–Kier alpha value is -0.820. The Kier molecular flexibility index (Phi) is 7.15. The van der Waals surface area contributed by atoms with E-state index in [0.29, 0.717) is 19.4 Å². The normalized spacial score (nSPS) is 23.5. The number of nitrogens with one attached hydrogen (secondary N) is 1. The molecule has 0 bridgehead atoms. The first-order chi connectivity index (χ1) is 9.02. The number of nitrogens with zero attached hydrogens (tertiary/aromatic N) is 1. The summed E-state index contributed by atoms with van der Waals surface area (Å²) in [6, 6.07) is -0.132. The first-order valence-electron chi connectivity index (χ1n) is 6.45. The van der Waals surface area contributed by atoms with Crippen LogP contribution >= 0.6 is 11.8 Å². The van der Waals surface area contributed by atoms with Gasteiger partial charge in [-0.05, 0) is 24.9 Å². The van der Waals surface area contributed by atoms with Gasteiger partial charge in [0.15, 0.2) is 0 Å². The number of hydrogen-bond acceptors (Lipinski definition) is 4. The fourth-order valence-electron chi connectivity index (χ4n) is 2.23. The van der Waals surface area contributed by atoms with E-state index in [2.05, 4.69) is 5.32 Å². The van der Waals surface area contributed by atoms with Crippen LogP contribution in [-0.2, 0) is 9.59 Å². The minimum Gasteiger partial charge on any atom is -0.369 e. The number of carbonyl (C=O) groups excluding carboxylic acids is 2. The third-order valence-electron chi connectivity index (χ3n) is 3.12. The Bertz CT molecular complexity index is 317. The van der Waals surface area contributed by atoms with Crippen molar-refractivity contribution < 1.29 is 14.0 Å². The van der Waals surface area contributed by atoms with Crippen LogP contribution in [0, 0.1) is 0 Å².